The molecule has 0 aromatic heterocycles. The lowest BCUT2D eigenvalue weighted by Crippen LogP contribution is -2.64. The van der Waals surface area contributed by atoms with Crippen LogP contribution in [0.25, 0.3) is 0 Å². The third kappa shape index (κ3) is 3.24. The molecular weight excluding hydrogens is 208 g/mol. The number of nitrogens with zero attached hydrogens (tertiary/aromatic N) is 1. The van der Waals surface area contributed by atoms with Crippen LogP contribution in [-0.2, 0) is 0 Å². The second-order valence-electron chi connectivity index (χ2n) is 6.43. The number of hydrogen-bond acceptors (Lipinski definition) is 2. The minimum Gasteiger partial charge on any atom is -0.311 e. The van der Waals surface area contributed by atoms with Gasteiger partial charge in [-0.2, -0.15) is 0 Å². The number of terminal acetylenes is 1. The van der Waals surface area contributed by atoms with E-state index in [-0.39, 0.29) is 5.54 Å². The molecule has 2 atom stereocenters. The summed E-state index contributed by atoms with van der Waals surface area (Å²) in [7, 11) is 0. The highest BCUT2D eigenvalue weighted by Crippen LogP contribution is 2.26. The van der Waals surface area contributed by atoms with Crippen molar-refractivity contribution in [1.29, 1.82) is 0 Å². The highest BCUT2D eigenvalue weighted by Gasteiger charge is 2.38. The molecule has 2 heteroatoms. The normalized spacial score (nSPS) is 27.5. The Hall–Kier alpha value is -0.520. The molecule has 0 aliphatic carbocycles. The van der Waals surface area contributed by atoms with E-state index >= 15 is 0 Å². The van der Waals surface area contributed by atoms with Gasteiger partial charge in [0.25, 0.3) is 0 Å². The molecule has 1 fully saturated rings. The Bertz CT molecular complexity index is 286. The molecule has 1 heterocycles. The molecule has 17 heavy (non-hydrogen) atoms. The van der Waals surface area contributed by atoms with Crippen LogP contribution >= 0.6 is 0 Å². The minimum atomic E-state index is -0.149. The Kier molecular flexibility index (Phi) is 4.63. The average Bonchev–Trinajstić information content (AvgIpc) is 2.28. The topological polar surface area (TPSA) is 15.3 Å². The molecule has 0 spiro atoms. The standard InChI is InChI=1S/C15H28N2/c1-8-15(6,7)17-10-13(11(2)3)16-9-14(17)12(4)5/h1,11-14,16H,9-10H2,2-7H3. The molecule has 98 valence electrons. The summed E-state index contributed by atoms with van der Waals surface area (Å²) < 4.78 is 0. The summed E-state index contributed by atoms with van der Waals surface area (Å²) in [5, 5.41) is 3.67. The van der Waals surface area contributed by atoms with E-state index in [1.54, 1.807) is 0 Å². The zero-order chi connectivity index (χ0) is 13.2. The third-order valence-corrected chi connectivity index (χ3v) is 4.03. The van der Waals surface area contributed by atoms with E-state index in [2.05, 4.69) is 57.7 Å². The van der Waals surface area contributed by atoms with Crippen LogP contribution in [0.15, 0.2) is 0 Å². The van der Waals surface area contributed by atoms with Crippen molar-refractivity contribution < 1.29 is 0 Å². The van der Waals surface area contributed by atoms with Gasteiger partial charge in [-0.05, 0) is 25.7 Å². The van der Waals surface area contributed by atoms with Gasteiger partial charge in [-0.1, -0.05) is 33.6 Å². The van der Waals surface area contributed by atoms with Gasteiger partial charge in [-0.15, -0.1) is 6.42 Å². The molecule has 0 aromatic carbocycles. The molecule has 1 saturated heterocycles. The van der Waals surface area contributed by atoms with Crippen LogP contribution in [0.5, 0.6) is 0 Å². The molecule has 0 bridgehead atoms. The fourth-order valence-electron chi connectivity index (χ4n) is 2.56. The Labute approximate surface area is 107 Å². The van der Waals surface area contributed by atoms with Crippen molar-refractivity contribution in [3.8, 4) is 12.3 Å². The zero-order valence-corrected chi connectivity index (χ0v) is 12.2. The SMILES string of the molecule is C#CC(C)(C)N1CC(C(C)C)NCC1C(C)C. The maximum atomic E-state index is 5.71. The first-order valence-electron chi connectivity index (χ1n) is 6.77. The van der Waals surface area contributed by atoms with Gasteiger partial charge in [-0.25, -0.2) is 0 Å². The first kappa shape index (κ1) is 14.5. The number of rotatable bonds is 3. The molecule has 1 N–H and O–H groups in total. The first-order valence-corrected chi connectivity index (χ1v) is 6.77. The van der Waals surface area contributed by atoms with Gasteiger partial charge in [-0.3, -0.25) is 4.90 Å². The van der Waals surface area contributed by atoms with E-state index in [4.69, 9.17) is 6.42 Å². The number of piperazine rings is 1. The number of nitrogens with one attached hydrogen (secondary N) is 1. The van der Waals surface area contributed by atoms with Crippen LogP contribution in [0.4, 0.5) is 0 Å². The highest BCUT2D eigenvalue weighted by molar-refractivity contribution is 5.12. The Balaban J connectivity index is 2.88. The second kappa shape index (κ2) is 5.42. The summed E-state index contributed by atoms with van der Waals surface area (Å²) in [4.78, 5) is 2.51. The molecule has 0 amide bonds. The summed E-state index contributed by atoms with van der Waals surface area (Å²) in [6, 6.07) is 1.09. The van der Waals surface area contributed by atoms with Gasteiger partial charge >= 0.3 is 0 Å². The Morgan fingerprint density at radius 1 is 1.24 bits per heavy atom. The van der Waals surface area contributed by atoms with Crippen molar-refractivity contribution in [2.45, 2.75) is 59.2 Å². The summed E-state index contributed by atoms with van der Waals surface area (Å²) in [6.45, 7) is 15.5. The van der Waals surface area contributed by atoms with Crippen molar-refractivity contribution in [2.75, 3.05) is 13.1 Å². The lowest BCUT2D eigenvalue weighted by atomic mass is 9.89. The van der Waals surface area contributed by atoms with E-state index in [9.17, 15) is 0 Å². The van der Waals surface area contributed by atoms with E-state index < -0.39 is 0 Å². The van der Waals surface area contributed by atoms with Gasteiger partial charge in [0.15, 0.2) is 0 Å². The Morgan fingerprint density at radius 2 is 1.82 bits per heavy atom. The fraction of sp³-hybridized carbons (Fsp3) is 0.867. The maximum absolute atomic E-state index is 5.71. The van der Waals surface area contributed by atoms with Crippen LogP contribution < -0.4 is 5.32 Å². The van der Waals surface area contributed by atoms with Gasteiger partial charge < -0.3 is 5.32 Å². The molecule has 0 saturated carbocycles. The first-order chi connectivity index (χ1) is 7.79. The van der Waals surface area contributed by atoms with Crippen molar-refractivity contribution in [3.63, 3.8) is 0 Å². The molecule has 0 aromatic rings. The maximum Gasteiger partial charge on any atom is 0.0769 e. The van der Waals surface area contributed by atoms with E-state index in [0.717, 1.165) is 13.1 Å². The molecule has 0 radical (unpaired) electrons. The zero-order valence-electron chi connectivity index (χ0n) is 12.2. The van der Waals surface area contributed by atoms with Gasteiger partial charge in [0, 0.05) is 25.2 Å². The van der Waals surface area contributed by atoms with Gasteiger partial charge in [0.1, 0.15) is 0 Å². The summed E-state index contributed by atoms with van der Waals surface area (Å²) >= 11 is 0. The van der Waals surface area contributed by atoms with E-state index in [0.29, 0.717) is 23.9 Å². The van der Waals surface area contributed by atoms with Crippen LogP contribution in [0.2, 0.25) is 0 Å². The predicted molar refractivity (Wildman–Crippen MR) is 74.9 cm³/mol. The summed E-state index contributed by atoms with van der Waals surface area (Å²) in [5.41, 5.74) is -0.149. The highest BCUT2D eigenvalue weighted by atomic mass is 15.3. The molecule has 1 aliphatic heterocycles. The largest absolute Gasteiger partial charge is 0.311 e. The van der Waals surface area contributed by atoms with E-state index in [1.165, 1.54) is 0 Å². The second-order valence-corrected chi connectivity index (χ2v) is 6.43. The predicted octanol–water partition coefficient (Wildman–Crippen LogP) is 2.35. The summed E-state index contributed by atoms with van der Waals surface area (Å²) in [5.74, 6) is 4.23. The molecule has 1 rings (SSSR count). The quantitative estimate of drug-likeness (QED) is 0.757. The minimum absolute atomic E-state index is 0.149. The van der Waals surface area contributed by atoms with Gasteiger partial charge in [0.2, 0.25) is 0 Å². The average molecular weight is 236 g/mol. The number of hydrogen-bond donors (Lipinski definition) is 1. The molecule has 2 unspecified atom stereocenters. The molecule has 1 aliphatic rings. The lowest BCUT2D eigenvalue weighted by molar-refractivity contribution is 0.0299. The third-order valence-electron chi connectivity index (χ3n) is 4.03. The Morgan fingerprint density at radius 3 is 2.24 bits per heavy atom. The molecular formula is C15H28N2. The van der Waals surface area contributed by atoms with Crippen molar-refractivity contribution in [3.05, 3.63) is 0 Å². The smallest absolute Gasteiger partial charge is 0.0769 e. The monoisotopic (exact) mass is 236 g/mol. The van der Waals surface area contributed by atoms with Crippen LogP contribution in [-0.4, -0.2) is 35.6 Å². The van der Waals surface area contributed by atoms with Crippen molar-refractivity contribution in [1.82, 2.24) is 10.2 Å². The summed E-state index contributed by atoms with van der Waals surface area (Å²) in [6.07, 6.45) is 5.71. The van der Waals surface area contributed by atoms with Crippen LogP contribution in [0.1, 0.15) is 41.5 Å². The van der Waals surface area contributed by atoms with Gasteiger partial charge in [0.05, 0.1) is 5.54 Å². The van der Waals surface area contributed by atoms with Crippen molar-refractivity contribution in [2.24, 2.45) is 11.8 Å². The van der Waals surface area contributed by atoms with Crippen LogP contribution in [0, 0.1) is 24.2 Å². The van der Waals surface area contributed by atoms with Crippen molar-refractivity contribution >= 4 is 0 Å². The van der Waals surface area contributed by atoms with E-state index in [1.807, 2.05) is 0 Å². The fourth-order valence-corrected chi connectivity index (χ4v) is 2.56. The molecule has 2 nitrogen and oxygen atoms in total. The lowest BCUT2D eigenvalue weighted by Gasteiger charge is -2.49. The van der Waals surface area contributed by atoms with Crippen LogP contribution in [0.3, 0.4) is 0 Å².